The van der Waals surface area contributed by atoms with Crippen LogP contribution in [0.5, 0.6) is 0 Å². The highest BCUT2D eigenvalue weighted by atomic mass is 32.2. The number of carbonyl (C=O) groups excluding carboxylic acids is 1. The maximum absolute atomic E-state index is 12.4. The molecule has 1 aliphatic heterocycles. The summed E-state index contributed by atoms with van der Waals surface area (Å²) in [6.45, 7) is -0.242. The summed E-state index contributed by atoms with van der Waals surface area (Å²) in [6, 6.07) is -0.103. The number of hydrogen-bond donors (Lipinski definition) is 3. The molecule has 0 aromatic carbocycles. The van der Waals surface area contributed by atoms with Gasteiger partial charge in [-0.05, 0) is 6.07 Å². The number of rotatable bonds is 4. The number of amides is 1. The van der Waals surface area contributed by atoms with Crippen molar-refractivity contribution < 1.29 is 28.2 Å². The number of carboxylic acid groups (broad SMARTS) is 1. The van der Waals surface area contributed by atoms with E-state index in [1.165, 1.54) is 5.38 Å². The number of carboxylic acids is 1. The summed E-state index contributed by atoms with van der Waals surface area (Å²) in [4.78, 5) is 21.7. The smallest absolute Gasteiger partial charge is 0.345 e. The van der Waals surface area contributed by atoms with Crippen LogP contribution < -0.4 is 5.73 Å². The second-order valence-electron chi connectivity index (χ2n) is 4.33. The first-order valence-electron chi connectivity index (χ1n) is 5.54. The van der Waals surface area contributed by atoms with Crippen molar-refractivity contribution in [3.8, 4) is 0 Å². The Balaban J connectivity index is 2.38. The maximum atomic E-state index is 12.4. The molecular weight excluding hydrogens is 308 g/mol. The molecule has 2 unspecified atom stereocenters. The minimum atomic E-state index is -4.06. The summed E-state index contributed by atoms with van der Waals surface area (Å²) in [5, 5.41) is 19.5. The minimum absolute atomic E-state index is 0.0650. The van der Waals surface area contributed by atoms with E-state index in [1.807, 2.05) is 0 Å². The van der Waals surface area contributed by atoms with Gasteiger partial charge in [0.1, 0.15) is 10.9 Å². The van der Waals surface area contributed by atoms with Crippen LogP contribution >= 0.6 is 11.3 Å². The Hall–Kier alpha value is -1.49. The maximum Gasteiger partial charge on any atom is 0.345 e. The molecular formula is C10H12N2O6S2. The zero-order valence-corrected chi connectivity index (χ0v) is 11.7. The van der Waals surface area contributed by atoms with E-state index < -0.39 is 34.0 Å². The van der Waals surface area contributed by atoms with Crippen molar-refractivity contribution in [2.75, 3.05) is 6.54 Å². The van der Waals surface area contributed by atoms with Gasteiger partial charge in [-0.2, -0.15) is 4.31 Å². The summed E-state index contributed by atoms with van der Waals surface area (Å²) < 4.78 is 25.5. The second kappa shape index (κ2) is 5.13. The van der Waals surface area contributed by atoms with Crippen LogP contribution in [-0.2, 0) is 14.8 Å². The molecule has 0 saturated carbocycles. The molecule has 110 valence electrons. The SMILES string of the molecule is NC(=O)C1CC(O)CN1S(=O)(=O)c1csc(C(=O)O)c1. The van der Waals surface area contributed by atoms with Gasteiger partial charge in [0.25, 0.3) is 0 Å². The van der Waals surface area contributed by atoms with E-state index in [-0.39, 0.29) is 22.7 Å². The molecule has 4 N–H and O–H groups in total. The van der Waals surface area contributed by atoms with Crippen LogP contribution in [0, 0.1) is 0 Å². The average molecular weight is 320 g/mol. The molecule has 1 aromatic heterocycles. The largest absolute Gasteiger partial charge is 0.477 e. The summed E-state index contributed by atoms with van der Waals surface area (Å²) in [7, 11) is -4.06. The number of sulfonamides is 1. The molecule has 10 heteroatoms. The van der Waals surface area contributed by atoms with Crippen LogP contribution in [0.2, 0.25) is 0 Å². The molecule has 2 heterocycles. The van der Waals surface area contributed by atoms with Crippen molar-refractivity contribution in [1.29, 1.82) is 0 Å². The normalized spacial score (nSPS) is 23.9. The topological polar surface area (TPSA) is 138 Å². The van der Waals surface area contributed by atoms with Crippen molar-refractivity contribution in [3.63, 3.8) is 0 Å². The molecule has 8 nitrogen and oxygen atoms in total. The van der Waals surface area contributed by atoms with Gasteiger partial charge < -0.3 is 15.9 Å². The molecule has 0 spiro atoms. The highest BCUT2D eigenvalue weighted by molar-refractivity contribution is 7.89. The van der Waals surface area contributed by atoms with Gasteiger partial charge in [0.2, 0.25) is 15.9 Å². The molecule has 1 saturated heterocycles. The zero-order chi connectivity index (χ0) is 15.1. The number of hydrogen-bond acceptors (Lipinski definition) is 6. The third kappa shape index (κ3) is 2.54. The standard InChI is InChI=1S/C10H12N2O6S2/c11-9(14)7-1-5(13)3-12(7)20(17,18)6-2-8(10(15)16)19-4-6/h2,4-5,7,13H,1,3H2,(H2,11,14)(H,15,16). The van der Waals surface area contributed by atoms with E-state index >= 15 is 0 Å². The van der Waals surface area contributed by atoms with E-state index in [1.54, 1.807) is 0 Å². The first-order chi connectivity index (χ1) is 9.23. The summed E-state index contributed by atoms with van der Waals surface area (Å²) >= 11 is 0.770. The fourth-order valence-corrected chi connectivity index (χ4v) is 4.75. The Kier molecular flexibility index (Phi) is 3.82. The van der Waals surface area contributed by atoms with Gasteiger partial charge in [-0.15, -0.1) is 11.3 Å². The molecule has 1 amide bonds. The van der Waals surface area contributed by atoms with E-state index in [9.17, 15) is 23.1 Å². The van der Waals surface area contributed by atoms with E-state index in [0.717, 1.165) is 21.7 Å². The Labute approximate surface area is 118 Å². The number of aromatic carboxylic acids is 1. The third-order valence-electron chi connectivity index (χ3n) is 2.95. The average Bonchev–Trinajstić information content (AvgIpc) is 2.94. The van der Waals surface area contributed by atoms with Crippen molar-refractivity contribution in [1.82, 2.24) is 4.31 Å². The van der Waals surface area contributed by atoms with Gasteiger partial charge in [0, 0.05) is 18.3 Å². The molecule has 2 rings (SSSR count). The number of nitrogens with zero attached hydrogens (tertiary/aromatic N) is 1. The Morgan fingerprint density at radius 1 is 1.45 bits per heavy atom. The summed E-state index contributed by atoms with van der Waals surface area (Å²) in [5.41, 5.74) is 5.13. The Bertz CT molecular complexity index is 652. The molecule has 1 aromatic rings. The quantitative estimate of drug-likeness (QED) is 0.654. The first kappa shape index (κ1) is 14.9. The van der Waals surface area contributed by atoms with Crippen LogP contribution in [0.25, 0.3) is 0 Å². The first-order valence-corrected chi connectivity index (χ1v) is 7.86. The minimum Gasteiger partial charge on any atom is -0.477 e. The van der Waals surface area contributed by atoms with Crippen LogP contribution in [0.15, 0.2) is 16.3 Å². The van der Waals surface area contributed by atoms with Crippen LogP contribution in [0.1, 0.15) is 16.1 Å². The molecule has 0 bridgehead atoms. The van der Waals surface area contributed by atoms with Gasteiger partial charge in [0.05, 0.1) is 11.0 Å². The highest BCUT2D eigenvalue weighted by Gasteiger charge is 2.42. The number of primary amides is 1. The molecule has 2 atom stereocenters. The zero-order valence-electron chi connectivity index (χ0n) is 10.1. The fraction of sp³-hybridized carbons (Fsp3) is 0.400. The van der Waals surface area contributed by atoms with E-state index in [0.29, 0.717) is 0 Å². The molecule has 20 heavy (non-hydrogen) atoms. The number of carbonyl (C=O) groups is 2. The highest BCUT2D eigenvalue weighted by Crippen LogP contribution is 2.29. The summed E-state index contributed by atoms with van der Waals surface area (Å²) in [6.07, 6.45) is -1.04. The lowest BCUT2D eigenvalue weighted by Gasteiger charge is -2.20. The van der Waals surface area contributed by atoms with Crippen molar-refractivity contribution in [2.24, 2.45) is 5.73 Å². The lowest BCUT2D eigenvalue weighted by molar-refractivity contribution is -0.121. The Morgan fingerprint density at radius 2 is 2.10 bits per heavy atom. The van der Waals surface area contributed by atoms with Gasteiger partial charge >= 0.3 is 5.97 Å². The summed E-state index contributed by atoms with van der Waals surface area (Å²) in [5.74, 6) is -2.08. The van der Waals surface area contributed by atoms with E-state index in [2.05, 4.69) is 0 Å². The van der Waals surface area contributed by atoms with E-state index in [4.69, 9.17) is 10.8 Å². The van der Waals surface area contributed by atoms with Crippen LogP contribution in [0.4, 0.5) is 0 Å². The molecule has 1 fully saturated rings. The Morgan fingerprint density at radius 3 is 2.60 bits per heavy atom. The number of β-amino-alcohol motifs (C(OH)–C–C–N with tert-alkyl or cyclic N) is 1. The van der Waals surface area contributed by atoms with Gasteiger partial charge in [-0.1, -0.05) is 0 Å². The van der Waals surface area contributed by atoms with Crippen molar-refractivity contribution in [2.45, 2.75) is 23.5 Å². The van der Waals surface area contributed by atoms with Crippen LogP contribution in [-0.4, -0.2) is 53.5 Å². The van der Waals surface area contributed by atoms with Gasteiger partial charge in [-0.3, -0.25) is 4.79 Å². The molecule has 0 aliphatic carbocycles. The number of nitrogens with two attached hydrogens (primary N) is 1. The fourth-order valence-electron chi connectivity index (χ4n) is 2.01. The predicted molar refractivity (Wildman–Crippen MR) is 68.8 cm³/mol. The van der Waals surface area contributed by atoms with Crippen LogP contribution in [0.3, 0.4) is 0 Å². The number of aliphatic hydroxyl groups is 1. The van der Waals surface area contributed by atoms with Crippen molar-refractivity contribution >= 4 is 33.2 Å². The molecule has 1 aliphatic rings. The van der Waals surface area contributed by atoms with Crippen molar-refractivity contribution in [3.05, 3.63) is 16.3 Å². The monoisotopic (exact) mass is 320 g/mol. The number of aliphatic hydroxyl groups excluding tert-OH is 1. The molecule has 0 radical (unpaired) electrons. The predicted octanol–water partition coefficient (Wildman–Crippen LogP) is -0.945. The van der Waals surface area contributed by atoms with Gasteiger partial charge in [0.15, 0.2) is 0 Å². The lowest BCUT2D eigenvalue weighted by atomic mass is 10.2. The lowest BCUT2D eigenvalue weighted by Crippen LogP contribution is -2.43. The second-order valence-corrected chi connectivity index (χ2v) is 7.14. The number of thiophene rings is 1. The van der Waals surface area contributed by atoms with Gasteiger partial charge in [-0.25, -0.2) is 13.2 Å². The third-order valence-corrected chi connectivity index (χ3v) is 5.87.